The number of aromatic nitrogens is 2. The third-order valence-corrected chi connectivity index (χ3v) is 4.18. The van der Waals surface area contributed by atoms with Crippen molar-refractivity contribution < 1.29 is 4.79 Å². The average molecular weight is 319 g/mol. The lowest BCUT2D eigenvalue weighted by Crippen LogP contribution is -2.14. The summed E-state index contributed by atoms with van der Waals surface area (Å²) in [6, 6.07) is 15.5. The maximum atomic E-state index is 12.6. The highest BCUT2D eigenvalue weighted by molar-refractivity contribution is 6.05. The van der Waals surface area contributed by atoms with Crippen LogP contribution in [0.15, 0.2) is 54.7 Å². The smallest absolute Gasteiger partial charge is 0.255 e. The Morgan fingerprint density at radius 1 is 1.08 bits per heavy atom. The molecule has 1 heterocycles. The molecule has 0 bridgehead atoms. The van der Waals surface area contributed by atoms with E-state index in [9.17, 15) is 4.79 Å². The fraction of sp³-hybridized carbons (Fsp3) is 0.200. The van der Waals surface area contributed by atoms with Crippen molar-refractivity contribution in [2.75, 3.05) is 5.32 Å². The van der Waals surface area contributed by atoms with Gasteiger partial charge in [-0.1, -0.05) is 25.1 Å². The van der Waals surface area contributed by atoms with Crippen molar-refractivity contribution in [2.24, 2.45) is 0 Å². The first-order chi connectivity index (χ1) is 11.6. The molecule has 2 aromatic carbocycles. The third-order valence-electron chi connectivity index (χ3n) is 4.18. The zero-order valence-electron chi connectivity index (χ0n) is 14.2. The molecule has 0 saturated carbocycles. The van der Waals surface area contributed by atoms with E-state index in [1.54, 1.807) is 6.20 Å². The van der Waals surface area contributed by atoms with Crippen molar-refractivity contribution in [3.05, 3.63) is 77.1 Å². The lowest BCUT2D eigenvalue weighted by Gasteiger charge is -2.13. The van der Waals surface area contributed by atoms with E-state index >= 15 is 0 Å². The average Bonchev–Trinajstić information content (AvgIpc) is 3.02. The number of para-hydroxylation sites is 1. The first kappa shape index (κ1) is 16.0. The maximum absolute atomic E-state index is 12.6. The van der Waals surface area contributed by atoms with Crippen LogP contribution in [0.1, 0.15) is 34.1 Å². The van der Waals surface area contributed by atoms with E-state index < -0.39 is 0 Å². The molecule has 0 aliphatic rings. The van der Waals surface area contributed by atoms with Crippen molar-refractivity contribution >= 4 is 11.6 Å². The quantitative estimate of drug-likeness (QED) is 0.779. The van der Waals surface area contributed by atoms with Crippen molar-refractivity contribution in [1.29, 1.82) is 0 Å². The van der Waals surface area contributed by atoms with Crippen molar-refractivity contribution in [3.8, 4) is 5.69 Å². The van der Waals surface area contributed by atoms with E-state index in [2.05, 4.69) is 17.3 Å². The number of rotatable bonds is 4. The normalized spacial score (nSPS) is 10.6. The Kier molecular flexibility index (Phi) is 4.47. The molecule has 4 nitrogen and oxygen atoms in total. The molecule has 1 amide bonds. The third kappa shape index (κ3) is 3.08. The molecule has 122 valence electrons. The number of carbonyl (C=O) groups excluding carboxylic acids is 1. The van der Waals surface area contributed by atoms with Gasteiger partial charge in [-0.15, -0.1) is 0 Å². The van der Waals surface area contributed by atoms with Gasteiger partial charge in [0.05, 0.1) is 5.69 Å². The molecule has 0 saturated heterocycles. The summed E-state index contributed by atoms with van der Waals surface area (Å²) >= 11 is 0. The number of hydrogen-bond donors (Lipinski definition) is 1. The van der Waals surface area contributed by atoms with Gasteiger partial charge in [0.15, 0.2) is 0 Å². The van der Waals surface area contributed by atoms with Crippen molar-refractivity contribution in [1.82, 2.24) is 9.78 Å². The Labute approximate surface area is 142 Å². The molecule has 1 N–H and O–H groups in total. The Hall–Kier alpha value is -2.88. The summed E-state index contributed by atoms with van der Waals surface area (Å²) in [5.41, 5.74) is 5.77. The zero-order chi connectivity index (χ0) is 17.1. The maximum Gasteiger partial charge on any atom is 0.255 e. The highest BCUT2D eigenvalue weighted by Crippen LogP contribution is 2.22. The van der Waals surface area contributed by atoms with Crippen LogP contribution in [-0.4, -0.2) is 15.7 Å². The molecule has 0 radical (unpaired) electrons. The highest BCUT2D eigenvalue weighted by Gasteiger charge is 2.11. The van der Waals surface area contributed by atoms with E-state index in [0.29, 0.717) is 5.56 Å². The number of aryl methyl sites for hydroxylation is 3. The Morgan fingerprint density at radius 2 is 1.83 bits per heavy atom. The minimum absolute atomic E-state index is 0.0947. The molecule has 3 rings (SSSR count). The Bertz CT molecular complexity index is 863. The number of anilines is 1. The minimum atomic E-state index is -0.0947. The molecule has 0 unspecified atom stereocenters. The first-order valence-corrected chi connectivity index (χ1v) is 8.11. The summed E-state index contributed by atoms with van der Waals surface area (Å²) in [5.74, 6) is -0.0947. The Morgan fingerprint density at radius 3 is 2.46 bits per heavy atom. The van der Waals surface area contributed by atoms with Gasteiger partial charge < -0.3 is 5.32 Å². The summed E-state index contributed by atoms with van der Waals surface area (Å²) in [6.07, 6.45) is 2.65. The summed E-state index contributed by atoms with van der Waals surface area (Å²) in [7, 11) is 0. The van der Waals surface area contributed by atoms with Gasteiger partial charge in [-0.3, -0.25) is 4.79 Å². The zero-order valence-corrected chi connectivity index (χ0v) is 14.2. The molecular formula is C20H21N3O. The molecule has 1 aromatic heterocycles. The largest absolute Gasteiger partial charge is 0.321 e. The first-order valence-electron chi connectivity index (χ1n) is 8.11. The number of carbonyl (C=O) groups is 1. The highest BCUT2D eigenvalue weighted by atomic mass is 16.1. The van der Waals surface area contributed by atoms with Gasteiger partial charge >= 0.3 is 0 Å². The van der Waals surface area contributed by atoms with E-state index in [1.165, 1.54) is 0 Å². The van der Waals surface area contributed by atoms with Crippen molar-refractivity contribution in [2.45, 2.75) is 27.2 Å². The van der Waals surface area contributed by atoms with Crippen LogP contribution < -0.4 is 5.32 Å². The topological polar surface area (TPSA) is 46.9 Å². The van der Waals surface area contributed by atoms with Gasteiger partial charge in [-0.2, -0.15) is 5.10 Å². The van der Waals surface area contributed by atoms with E-state index in [4.69, 9.17) is 0 Å². The van der Waals surface area contributed by atoms with Crippen LogP contribution in [0.4, 0.5) is 5.69 Å². The van der Waals surface area contributed by atoms with Crippen LogP contribution in [0.5, 0.6) is 0 Å². The van der Waals surface area contributed by atoms with Gasteiger partial charge in [0.1, 0.15) is 0 Å². The molecule has 3 aromatic rings. The second-order valence-electron chi connectivity index (χ2n) is 5.85. The number of hydrogen-bond acceptors (Lipinski definition) is 2. The van der Waals surface area contributed by atoms with Crippen molar-refractivity contribution in [3.63, 3.8) is 0 Å². The van der Waals surface area contributed by atoms with Gasteiger partial charge in [0, 0.05) is 23.1 Å². The predicted molar refractivity (Wildman–Crippen MR) is 96.8 cm³/mol. The molecule has 0 fully saturated rings. The van der Waals surface area contributed by atoms with E-state index in [1.807, 2.05) is 67.1 Å². The lowest BCUT2D eigenvalue weighted by atomic mass is 10.1. The SMILES string of the molecule is CCc1cccc(C)c1NC(=O)c1ccc(-n2nccc2C)cc1. The summed E-state index contributed by atoms with van der Waals surface area (Å²) in [4.78, 5) is 12.6. The second kappa shape index (κ2) is 6.71. The van der Waals surface area contributed by atoms with E-state index in [0.717, 1.165) is 34.6 Å². The van der Waals surface area contributed by atoms with Crippen LogP contribution >= 0.6 is 0 Å². The molecule has 0 atom stereocenters. The van der Waals surface area contributed by atoms with Gasteiger partial charge in [-0.25, -0.2) is 4.68 Å². The van der Waals surface area contributed by atoms with Gasteiger partial charge in [0.25, 0.3) is 5.91 Å². The number of nitrogens with one attached hydrogen (secondary N) is 1. The minimum Gasteiger partial charge on any atom is -0.321 e. The number of amides is 1. The molecule has 0 spiro atoms. The molecule has 0 aliphatic heterocycles. The van der Waals surface area contributed by atoms with Crippen LogP contribution in [0, 0.1) is 13.8 Å². The van der Waals surface area contributed by atoms with E-state index in [-0.39, 0.29) is 5.91 Å². The van der Waals surface area contributed by atoms with Gasteiger partial charge in [-0.05, 0) is 61.7 Å². The van der Waals surface area contributed by atoms with Crippen LogP contribution in [0.3, 0.4) is 0 Å². The molecular weight excluding hydrogens is 298 g/mol. The fourth-order valence-electron chi connectivity index (χ4n) is 2.78. The summed E-state index contributed by atoms with van der Waals surface area (Å²) in [6.45, 7) is 6.10. The summed E-state index contributed by atoms with van der Waals surface area (Å²) < 4.78 is 1.85. The molecule has 0 aliphatic carbocycles. The number of nitrogens with zero attached hydrogens (tertiary/aromatic N) is 2. The second-order valence-corrected chi connectivity index (χ2v) is 5.85. The summed E-state index contributed by atoms with van der Waals surface area (Å²) in [5, 5.41) is 7.33. The van der Waals surface area contributed by atoms with Gasteiger partial charge in [0.2, 0.25) is 0 Å². The number of benzene rings is 2. The molecule has 4 heteroatoms. The van der Waals surface area contributed by atoms with Crippen LogP contribution in [0.2, 0.25) is 0 Å². The predicted octanol–water partition coefficient (Wildman–Crippen LogP) is 4.30. The Balaban J connectivity index is 1.83. The van der Waals surface area contributed by atoms with Crippen LogP contribution in [-0.2, 0) is 6.42 Å². The fourth-order valence-corrected chi connectivity index (χ4v) is 2.78. The standard InChI is InChI=1S/C20H21N3O/c1-4-16-7-5-6-14(2)19(16)22-20(24)17-8-10-18(11-9-17)23-15(3)12-13-21-23/h5-13H,4H2,1-3H3,(H,22,24). The monoisotopic (exact) mass is 319 g/mol. The molecule has 24 heavy (non-hydrogen) atoms. The lowest BCUT2D eigenvalue weighted by molar-refractivity contribution is 0.102. The van der Waals surface area contributed by atoms with Crippen LogP contribution in [0.25, 0.3) is 5.69 Å².